The van der Waals surface area contributed by atoms with Gasteiger partial charge in [-0.05, 0) is 49.2 Å². The predicted molar refractivity (Wildman–Crippen MR) is 162 cm³/mol. The van der Waals surface area contributed by atoms with Gasteiger partial charge in [0, 0.05) is 20.0 Å². The normalized spacial score (nSPS) is 11.9. The van der Waals surface area contributed by atoms with Gasteiger partial charge in [-0.1, -0.05) is 96.1 Å². The van der Waals surface area contributed by atoms with E-state index in [9.17, 15) is 18.0 Å². The molecule has 1 N–H and O–H groups in total. The summed E-state index contributed by atoms with van der Waals surface area (Å²) in [5.74, 6) is -0.823. The van der Waals surface area contributed by atoms with Crippen molar-refractivity contribution in [3.8, 4) is 0 Å². The monoisotopic (exact) mass is 569 g/mol. The van der Waals surface area contributed by atoms with Crippen molar-refractivity contribution < 1.29 is 18.0 Å². The first-order chi connectivity index (χ1) is 19.7. The van der Waals surface area contributed by atoms with Crippen LogP contribution in [0.4, 0.5) is 5.69 Å². The van der Waals surface area contributed by atoms with Gasteiger partial charge in [0.2, 0.25) is 11.8 Å². The zero-order valence-electron chi connectivity index (χ0n) is 23.5. The SMILES string of the molecule is CNC(=O)[C@H](Cc1ccccc1)N(Cc1ccc(C)cc1)C(=O)CN(c1ccccc1)S(=O)(=O)c1ccc(C)cc1. The van der Waals surface area contributed by atoms with E-state index in [0.717, 1.165) is 26.6 Å². The molecule has 8 heteroatoms. The van der Waals surface area contributed by atoms with Crippen LogP contribution in [0.5, 0.6) is 0 Å². The fourth-order valence-corrected chi connectivity index (χ4v) is 5.99. The molecule has 212 valence electrons. The highest BCUT2D eigenvalue weighted by Gasteiger charge is 2.34. The number of hydrogen-bond acceptors (Lipinski definition) is 4. The number of carbonyl (C=O) groups is 2. The molecule has 0 spiro atoms. The summed E-state index contributed by atoms with van der Waals surface area (Å²) in [5, 5.41) is 2.70. The number of rotatable bonds is 11. The maximum Gasteiger partial charge on any atom is 0.264 e. The highest BCUT2D eigenvalue weighted by atomic mass is 32.2. The first kappa shape index (κ1) is 29.6. The van der Waals surface area contributed by atoms with E-state index in [1.165, 1.54) is 24.1 Å². The van der Waals surface area contributed by atoms with Crippen LogP contribution in [0.1, 0.15) is 22.3 Å². The maximum absolute atomic E-state index is 14.2. The van der Waals surface area contributed by atoms with Gasteiger partial charge >= 0.3 is 0 Å². The summed E-state index contributed by atoms with van der Waals surface area (Å²) in [6, 6.07) is 31.4. The van der Waals surface area contributed by atoms with Gasteiger partial charge in [-0.15, -0.1) is 0 Å². The van der Waals surface area contributed by atoms with Gasteiger partial charge in [0.05, 0.1) is 10.6 Å². The molecule has 0 aliphatic heterocycles. The fourth-order valence-electron chi connectivity index (χ4n) is 4.57. The van der Waals surface area contributed by atoms with Gasteiger partial charge in [-0.3, -0.25) is 13.9 Å². The van der Waals surface area contributed by atoms with Crippen molar-refractivity contribution in [2.75, 3.05) is 17.9 Å². The summed E-state index contributed by atoms with van der Waals surface area (Å²) in [6.07, 6.45) is 0.272. The number of sulfonamides is 1. The van der Waals surface area contributed by atoms with Crippen LogP contribution in [0.25, 0.3) is 0 Å². The van der Waals surface area contributed by atoms with Gasteiger partial charge in [0.1, 0.15) is 12.6 Å². The van der Waals surface area contributed by atoms with Crippen LogP contribution in [0.15, 0.2) is 114 Å². The average Bonchev–Trinajstić information content (AvgIpc) is 2.99. The van der Waals surface area contributed by atoms with Crippen molar-refractivity contribution in [2.45, 2.75) is 37.8 Å². The van der Waals surface area contributed by atoms with Gasteiger partial charge in [0.25, 0.3) is 10.0 Å². The van der Waals surface area contributed by atoms with Crippen LogP contribution in [0.2, 0.25) is 0 Å². The number of para-hydroxylation sites is 1. The molecular weight excluding hydrogens is 534 g/mol. The molecule has 4 aromatic carbocycles. The molecule has 7 nitrogen and oxygen atoms in total. The van der Waals surface area contributed by atoms with E-state index in [0.29, 0.717) is 5.69 Å². The number of aryl methyl sites for hydroxylation is 2. The first-order valence-corrected chi connectivity index (χ1v) is 14.9. The topological polar surface area (TPSA) is 86.8 Å². The zero-order chi connectivity index (χ0) is 29.4. The summed E-state index contributed by atoms with van der Waals surface area (Å²) in [4.78, 5) is 29.1. The molecule has 0 fully saturated rings. The number of likely N-dealkylation sites (N-methyl/N-ethyl adjacent to an activating group) is 1. The minimum atomic E-state index is -4.10. The van der Waals surface area contributed by atoms with E-state index in [2.05, 4.69) is 5.32 Å². The molecule has 0 saturated carbocycles. The molecule has 0 aromatic heterocycles. The Hall–Kier alpha value is -4.43. The fraction of sp³-hybridized carbons (Fsp3) is 0.212. The molecule has 0 aliphatic rings. The number of benzene rings is 4. The maximum atomic E-state index is 14.2. The molecule has 4 aromatic rings. The smallest absolute Gasteiger partial charge is 0.264 e. The van der Waals surface area contributed by atoms with Crippen LogP contribution >= 0.6 is 0 Å². The zero-order valence-corrected chi connectivity index (χ0v) is 24.3. The second-order valence-corrected chi connectivity index (χ2v) is 11.8. The second-order valence-electron chi connectivity index (χ2n) is 9.99. The van der Waals surface area contributed by atoms with E-state index < -0.39 is 28.5 Å². The molecule has 41 heavy (non-hydrogen) atoms. The number of anilines is 1. The Morgan fingerprint density at radius 1 is 0.732 bits per heavy atom. The van der Waals surface area contributed by atoms with Crippen LogP contribution in [0, 0.1) is 13.8 Å². The van der Waals surface area contributed by atoms with Gasteiger partial charge in [-0.2, -0.15) is 0 Å². The van der Waals surface area contributed by atoms with Crippen molar-refractivity contribution in [1.82, 2.24) is 10.2 Å². The summed E-state index contributed by atoms with van der Waals surface area (Å²) in [6.45, 7) is 3.51. The van der Waals surface area contributed by atoms with E-state index in [4.69, 9.17) is 0 Å². The Bertz CT molecular complexity index is 1560. The summed E-state index contributed by atoms with van der Waals surface area (Å²) in [5.41, 5.74) is 4.06. The van der Waals surface area contributed by atoms with Crippen molar-refractivity contribution in [1.29, 1.82) is 0 Å². The Balaban J connectivity index is 1.76. The molecular formula is C33H35N3O4S. The lowest BCUT2D eigenvalue weighted by Gasteiger charge is -2.33. The average molecular weight is 570 g/mol. The Morgan fingerprint density at radius 3 is 1.83 bits per heavy atom. The van der Waals surface area contributed by atoms with Crippen molar-refractivity contribution >= 4 is 27.5 Å². The van der Waals surface area contributed by atoms with Gasteiger partial charge in [-0.25, -0.2) is 8.42 Å². The highest BCUT2D eigenvalue weighted by Crippen LogP contribution is 2.25. The van der Waals surface area contributed by atoms with Gasteiger partial charge in [0.15, 0.2) is 0 Å². The lowest BCUT2D eigenvalue weighted by Crippen LogP contribution is -2.53. The Labute approximate surface area is 242 Å². The summed E-state index contributed by atoms with van der Waals surface area (Å²) in [7, 11) is -2.57. The third-order valence-electron chi connectivity index (χ3n) is 6.92. The van der Waals surface area contributed by atoms with E-state index >= 15 is 0 Å². The molecule has 0 radical (unpaired) electrons. The molecule has 0 aliphatic carbocycles. The summed E-state index contributed by atoms with van der Waals surface area (Å²) < 4.78 is 29.0. The summed E-state index contributed by atoms with van der Waals surface area (Å²) >= 11 is 0. The first-order valence-electron chi connectivity index (χ1n) is 13.4. The molecule has 4 rings (SSSR count). The number of nitrogens with one attached hydrogen (secondary N) is 1. The molecule has 0 saturated heterocycles. The third-order valence-corrected chi connectivity index (χ3v) is 8.71. The highest BCUT2D eigenvalue weighted by molar-refractivity contribution is 7.92. The standard InChI is InChI=1S/C33H35N3O4S/c1-25-14-18-28(19-15-25)23-35(31(33(38)34-3)22-27-10-6-4-7-11-27)32(37)24-36(29-12-8-5-9-13-29)41(39,40)30-20-16-26(2)17-21-30/h4-21,31H,22-24H2,1-3H3,(H,34,38)/t31-/m0/s1. The van der Waals surface area contributed by atoms with Crippen molar-refractivity contribution in [3.63, 3.8) is 0 Å². The number of hydrogen-bond donors (Lipinski definition) is 1. The van der Waals surface area contributed by atoms with Crippen LogP contribution in [-0.4, -0.2) is 44.8 Å². The number of amides is 2. The van der Waals surface area contributed by atoms with Crippen LogP contribution in [-0.2, 0) is 32.6 Å². The molecule has 1 atom stereocenters. The van der Waals surface area contributed by atoms with Crippen LogP contribution < -0.4 is 9.62 Å². The quantitative estimate of drug-likeness (QED) is 0.279. The van der Waals surface area contributed by atoms with Crippen molar-refractivity contribution in [2.24, 2.45) is 0 Å². The minimum absolute atomic E-state index is 0.0805. The Kier molecular flexibility index (Phi) is 9.57. The number of carbonyl (C=O) groups excluding carboxylic acids is 2. The molecule has 0 heterocycles. The van der Waals surface area contributed by atoms with Crippen molar-refractivity contribution in [3.05, 3.63) is 131 Å². The largest absolute Gasteiger partial charge is 0.357 e. The molecule has 0 unspecified atom stereocenters. The Morgan fingerprint density at radius 2 is 1.27 bits per heavy atom. The second kappa shape index (κ2) is 13.3. The number of nitrogens with zero attached hydrogens (tertiary/aromatic N) is 2. The van der Waals surface area contributed by atoms with Crippen LogP contribution in [0.3, 0.4) is 0 Å². The lowest BCUT2D eigenvalue weighted by atomic mass is 10.0. The van der Waals surface area contributed by atoms with E-state index in [1.807, 2.05) is 68.4 Å². The van der Waals surface area contributed by atoms with Gasteiger partial charge < -0.3 is 10.2 Å². The van der Waals surface area contributed by atoms with E-state index in [1.54, 1.807) is 42.5 Å². The molecule has 0 bridgehead atoms. The lowest BCUT2D eigenvalue weighted by molar-refractivity contribution is -0.139. The van der Waals surface area contributed by atoms with E-state index in [-0.39, 0.29) is 23.8 Å². The predicted octanol–water partition coefficient (Wildman–Crippen LogP) is 4.88. The minimum Gasteiger partial charge on any atom is -0.357 e. The third kappa shape index (κ3) is 7.41. The molecule has 2 amide bonds.